The molecule has 134 valence electrons. The number of hydrogen-bond donors (Lipinski definition) is 2. The van der Waals surface area contributed by atoms with Gasteiger partial charge in [-0.25, -0.2) is 4.79 Å². The van der Waals surface area contributed by atoms with Crippen molar-refractivity contribution < 1.29 is 29.3 Å². The molecule has 3 atom stereocenters. The standard InChI is InChI=1S/C16H29NO6/c1-15(2,3)22-12(20)9-11(19)13-10(18)7-8-17(13)14(21)23-16(4,5)6/h10-11,13,18-19H,7-9H2,1-6H3/t10-,11+,13+/m0/s1. The zero-order valence-corrected chi connectivity index (χ0v) is 14.8. The molecule has 0 aromatic rings. The maximum atomic E-state index is 12.2. The number of amides is 1. The van der Waals surface area contributed by atoms with E-state index in [-0.39, 0.29) is 13.0 Å². The normalized spacial score (nSPS) is 23.6. The van der Waals surface area contributed by atoms with Gasteiger partial charge in [-0.2, -0.15) is 0 Å². The summed E-state index contributed by atoms with van der Waals surface area (Å²) in [6.07, 6.45) is -2.69. The molecule has 1 rings (SSSR count). The van der Waals surface area contributed by atoms with Gasteiger partial charge in [0, 0.05) is 6.54 Å². The first kappa shape index (κ1) is 19.7. The first-order valence-electron chi connectivity index (χ1n) is 7.88. The molecular formula is C16H29NO6. The Hall–Kier alpha value is -1.34. The smallest absolute Gasteiger partial charge is 0.410 e. The number of aliphatic hydroxyl groups is 2. The van der Waals surface area contributed by atoms with Crippen molar-refractivity contribution in [2.45, 2.75) is 83.8 Å². The van der Waals surface area contributed by atoms with Gasteiger partial charge in [0.2, 0.25) is 0 Å². The molecule has 0 aromatic heterocycles. The lowest BCUT2D eigenvalue weighted by Crippen LogP contribution is -2.49. The van der Waals surface area contributed by atoms with E-state index in [1.165, 1.54) is 4.90 Å². The van der Waals surface area contributed by atoms with E-state index in [0.29, 0.717) is 6.42 Å². The highest BCUT2D eigenvalue weighted by atomic mass is 16.6. The van der Waals surface area contributed by atoms with Gasteiger partial charge in [0.1, 0.15) is 11.2 Å². The summed E-state index contributed by atoms with van der Waals surface area (Å²) in [5, 5.41) is 20.4. The number of esters is 1. The predicted molar refractivity (Wildman–Crippen MR) is 83.8 cm³/mol. The molecule has 1 saturated heterocycles. The van der Waals surface area contributed by atoms with Gasteiger partial charge in [-0.1, -0.05) is 0 Å². The number of rotatable bonds is 3. The Morgan fingerprint density at radius 1 is 1.13 bits per heavy atom. The van der Waals surface area contributed by atoms with Gasteiger partial charge in [0.25, 0.3) is 0 Å². The maximum Gasteiger partial charge on any atom is 0.410 e. The third kappa shape index (κ3) is 6.35. The zero-order valence-electron chi connectivity index (χ0n) is 14.8. The van der Waals surface area contributed by atoms with Gasteiger partial charge in [0.05, 0.1) is 24.7 Å². The van der Waals surface area contributed by atoms with Crippen LogP contribution in [-0.2, 0) is 14.3 Å². The highest BCUT2D eigenvalue weighted by molar-refractivity contribution is 5.72. The third-order valence-corrected chi connectivity index (χ3v) is 3.24. The first-order chi connectivity index (χ1) is 10.3. The molecule has 1 aliphatic rings. The predicted octanol–water partition coefficient (Wildman–Crippen LogP) is 1.45. The minimum absolute atomic E-state index is 0.270. The molecule has 0 unspecified atom stereocenters. The van der Waals surface area contributed by atoms with Crippen molar-refractivity contribution in [3.63, 3.8) is 0 Å². The summed E-state index contributed by atoms with van der Waals surface area (Å²) < 4.78 is 10.4. The van der Waals surface area contributed by atoms with Crippen LogP contribution in [0.25, 0.3) is 0 Å². The average molecular weight is 331 g/mol. The van der Waals surface area contributed by atoms with Crippen molar-refractivity contribution >= 4 is 12.1 Å². The molecule has 0 radical (unpaired) electrons. The highest BCUT2D eigenvalue weighted by Crippen LogP contribution is 2.25. The Morgan fingerprint density at radius 2 is 1.65 bits per heavy atom. The summed E-state index contributed by atoms with van der Waals surface area (Å²) in [5.74, 6) is -0.576. The van der Waals surface area contributed by atoms with Gasteiger partial charge >= 0.3 is 12.1 Å². The molecule has 2 N–H and O–H groups in total. The third-order valence-electron chi connectivity index (χ3n) is 3.24. The fraction of sp³-hybridized carbons (Fsp3) is 0.875. The second kappa shape index (κ2) is 7.05. The molecule has 0 bridgehead atoms. The highest BCUT2D eigenvalue weighted by Gasteiger charge is 2.43. The fourth-order valence-electron chi connectivity index (χ4n) is 2.47. The van der Waals surface area contributed by atoms with E-state index in [1.807, 2.05) is 0 Å². The van der Waals surface area contributed by atoms with Gasteiger partial charge in [-0.3, -0.25) is 9.69 Å². The number of likely N-dealkylation sites (tertiary alicyclic amines) is 1. The van der Waals surface area contributed by atoms with E-state index in [2.05, 4.69) is 0 Å². The van der Waals surface area contributed by atoms with Crippen molar-refractivity contribution in [3.8, 4) is 0 Å². The Kier molecular flexibility index (Phi) is 6.04. The monoisotopic (exact) mass is 331 g/mol. The Labute approximate surface area is 137 Å². The molecule has 1 aliphatic heterocycles. The topological polar surface area (TPSA) is 96.3 Å². The molecule has 23 heavy (non-hydrogen) atoms. The molecule has 0 aromatic carbocycles. The van der Waals surface area contributed by atoms with Crippen LogP contribution in [0.2, 0.25) is 0 Å². The molecule has 1 amide bonds. The second-order valence-corrected chi connectivity index (χ2v) is 7.88. The number of ether oxygens (including phenoxy) is 2. The SMILES string of the molecule is CC(C)(C)OC(=O)C[C@@H](O)[C@H]1[C@@H](O)CCN1C(=O)OC(C)(C)C. The molecule has 7 heteroatoms. The van der Waals surface area contributed by atoms with E-state index >= 15 is 0 Å². The van der Waals surface area contributed by atoms with E-state index < -0.39 is 41.5 Å². The van der Waals surface area contributed by atoms with Crippen LogP contribution >= 0.6 is 0 Å². The summed E-state index contributed by atoms with van der Waals surface area (Å²) >= 11 is 0. The van der Waals surface area contributed by atoms with Crippen molar-refractivity contribution in [3.05, 3.63) is 0 Å². The molecule has 0 aliphatic carbocycles. The summed E-state index contributed by atoms with van der Waals surface area (Å²) in [5.41, 5.74) is -1.33. The van der Waals surface area contributed by atoms with Gasteiger partial charge in [-0.05, 0) is 48.0 Å². The Balaban J connectivity index is 2.73. The molecule has 0 spiro atoms. The van der Waals surface area contributed by atoms with Crippen LogP contribution in [0.3, 0.4) is 0 Å². The van der Waals surface area contributed by atoms with E-state index in [1.54, 1.807) is 41.5 Å². The Bertz CT molecular complexity index is 437. The number of carbonyl (C=O) groups excluding carboxylic acids is 2. The zero-order chi connectivity index (χ0) is 18.0. The van der Waals surface area contributed by atoms with Gasteiger partial charge in [0.15, 0.2) is 0 Å². The summed E-state index contributed by atoms with van der Waals surface area (Å²) in [4.78, 5) is 25.3. The number of aliphatic hydroxyl groups excluding tert-OH is 2. The van der Waals surface area contributed by atoms with Crippen molar-refractivity contribution in [1.82, 2.24) is 4.90 Å². The van der Waals surface area contributed by atoms with E-state index in [9.17, 15) is 19.8 Å². The number of nitrogens with zero attached hydrogens (tertiary/aromatic N) is 1. The van der Waals surface area contributed by atoms with Gasteiger partial charge < -0.3 is 19.7 Å². The lowest BCUT2D eigenvalue weighted by molar-refractivity contribution is -0.158. The van der Waals surface area contributed by atoms with Gasteiger partial charge in [-0.15, -0.1) is 0 Å². The quantitative estimate of drug-likeness (QED) is 0.760. The maximum absolute atomic E-state index is 12.2. The van der Waals surface area contributed by atoms with Crippen LogP contribution in [0, 0.1) is 0 Å². The first-order valence-corrected chi connectivity index (χ1v) is 7.88. The summed E-state index contributed by atoms with van der Waals surface area (Å²) in [6.45, 7) is 10.7. The number of hydrogen-bond acceptors (Lipinski definition) is 6. The molecule has 1 fully saturated rings. The largest absolute Gasteiger partial charge is 0.460 e. The summed E-state index contributed by atoms with van der Waals surface area (Å²) in [7, 11) is 0. The lowest BCUT2D eigenvalue weighted by Gasteiger charge is -2.32. The Morgan fingerprint density at radius 3 is 2.13 bits per heavy atom. The van der Waals surface area contributed by atoms with Crippen molar-refractivity contribution in [2.24, 2.45) is 0 Å². The number of carbonyl (C=O) groups is 2. The average Bonchev–Trinajstić information content (AvgIpc) is 2.65. The lowest BCUT2D eigenvalue weighted by atomic mass is 10.0. The molecule has 7 nitrogen and oxygen atoms in total. The van der Waals surface area contributed by atoms with Crippen LogP contribution in [0.15, 0.2) is 0 Å². The van der Waals surface area contributed by atoms with Crippen molar-refractivity contribution in [2.75, 3.05) is 6.54 Å². The molecule has 0 saturated carbocycles. The fourth-order valence-corrected chi connectivity index (χ4v) is 2.47. The summed E-state index contributed by atoms with van der Waals surface area (Å²) in [6, 6.07) is -0.877. The minimum Gasteiger partial charge on any atom is -0.460 e. The van der Waals surface area contributed by atoms with E-state index in [0.717, 1.165) is 0 Å². The van der Waals surface area contributed by atoms with Crippen LogP contribution < -0.4 is 0 Å². The van der Waals surface area contributed by atoms with Crippen LogP contribution in [0.1, 0.15) is 54.4 Å². The minimum atomic E-state index is -1.21. The van der Waals surface area contributed by atoms with E-state index in [4.69, 9.17) is 9.47 Å². The van der Waals surface area contributed by atoms with Crippen LogP contribution in [0.5, 0.6) is 0 Å². The second-order valence-electron chi connectivity index (χ2n) is 7.88. The molecular weight excluding hydrogens is 302 g/mol. The van der Waals surface area contributed by atoms with Crippen LogP contribution in [-0.4, -0.2) is 63.2 Å². The van der Waals surface area contributed by atoms with Crippen LogP contribution in [0.4, 0.5) is 4.79 Å². The molecule has 1 heterocycles. The van der Waals surface area contributed by atoms with Crippen molar-refractivity contribution in [1.29, 1.82) is 0 Å².